The molecule has 2 rings (SSSR count). The van der Waals surface area contributed by atoms with E-state index in [9.17, 15) is 14.9 Å². The first kappa shape index (κ1) is 13.7. The molecule has 0 saturated carbocycles. The summed E-state index contributed by atoms with van der Waals surface area (Å²) in [4.78, 5) is 22.2. The maximum atomic E-state index is 11.9. The largest absolute Gasteiger partial charge is 0.457 e. The summed E-state index contributed by atoms with van der Waals surface area (Å²) in [7, 11) is 1.72. The SMILES string of the molecule is Cc1c(C(=O)OCc2ccccc2[N+](=O)[O-])cnn1C. The number of carbonyl (C=O) groups is 1. The topological polar surface area (TPSA) is 87.3 Å². The molecule has 0 atom stereocenters. The number of benzene rings is 1. The van der Waals surface area contributed by atoms with Gasteiger partial charge in [-0.1, -0.05) is 12.1 Å². The molecular weight excluding hydrogens is 262 g/mol. The van der Waals surface area contributed by atoms with Crippen LogP contribution in [0, 0.1) is 17.0 Å². The Morgan fingerprint density at radius 1 is 1.45 bits per heavy atom. The molecule has 0 fully saturated rings. The lowest BCUT2D eigenvalue weighted by Crippen LogP contribution is -2.08. The van der Waals surface area contributed by atoms with Gasteiger partial charge >= 0.3 is 5.97 Å². The molecule has 1 aromatic heterocycles. The van der Waals surface area contributed by atoms with Gasteiger partial charge in [0.05, 0.1) is 16.7 Å². The number of esters is 1. The van der Waals surface area contributed by atoms with Gasteiger partial charge in [0.2, 0.25) is 0 Å². The second-order valence-corrected chi connectivity index (χ2v) is 4.23. The monoisotopic (exact) mass is 275 g/mol. The molecule has 2 aromatic rings. The Kier molecular flexibility index (Phi) is 3.79. The normalized spacial score (nSPS) is 10.3. The van der Waals surface area contributed by atoms with Crippen LogP contribution in [-0.4, -0.2) is 20.7 Å². The fourth-order valence-corrected chi connectivity index (χ4v) is 1.73. The van der Waals surface area contributed by atoms with Crippen LogP contribution in [0.4, 0.5) is 5.69 Å². The molecule has 0 unspecified atom stereocenters. The highest BCUT2D eigenvalue weighted by molar-refractivity contribution is 5.90. The summed E-state index contributed by atoms with van der Waals surface area (Å²) in [6.07, 6.45) is 1.41. The maximum absolute atomic E-state index is 11.9. The van der Waals surface area contributed by atoms with E-state index in [1.54, 1.807) is 36.9 Å². The highest BCUT2D eigenvalue weighted by atomic mass is 16.6. The van der Waals surface area contributed by atoms with Crippen molar-refractivity contribution in [3.05, 3.63) is 57.4 Å². The van der Waals surface area contributed by atoms with Gasteiger partial charge < -0.3 is 4.74 Å². The summed E-state index contributed by atoms with van der Waals surface area (Å²) in [6, 6.07) is 6.15. The van der Waals surface area contributed by atoms with Gasteiger partial charge in [-0.05, 0) is 13.0 Å². The zero-order valence-electron chi connectivity index (χ0n) is 11.1. The summed E-state index contributed by atoms with van der Waals surface area (Å²) in [6.45, 7) is 1.60. The Bertz CT molecular complexity index is 663. The van der Waals surface area contributed by atoms with Crippen LogP contribution >= 0.6 is 0 Å². The highest BCUT2D eigenvalue weighted by Gasteiger charge is 2.17. The lowest BCUT2D eigenvalue weighted by molar-refractivity contribution is -0.385. The highest BCUT2D eigenvalue weighted by Crippen LogP contribution is 2.19. The first-order valence-electron chi connectivity index (χ1n) is 5.88. The van der Waals surface area contributed by atoms with E-state index in [-0.39, 0.29) is 12.3 Å². The number of nitro benzene ring substituents is 1. The minimum absolute atomic E-state index is 0.0665. The third kappa shape index (κ3) is 2.66. The summed E-state index contributed by atoms with van der Waals surface area (Å²) in [5.74, 6) is -0.547. The van der Waals surface area contributed by atoms with Crippen molar-refractivity contribution in [2.24, 2.45) is 7.05 Å². The predicted octanol–water partition coefficient (Wildman–Crippen LogP) is 1.99. The van der Waals surface area contributed by atoms with Crippen LogP contribution in [0.2, 0.25) is 0 Å². The van der Waals surface area contributed by atoms with Crippen molar-refractivity contribution in [3.63, 3.8) is 0 Å². The summed E-state index contributed by atoms with van der Waals surface area (Å²) >= 11 is 0. The van der Waals surface area contributed by atoms with Gasteiger partial charge in [0.1, 0.15) is 12.2 Å². The zero-order valence-corrected chi connectivity index (χ0v) is 11.1. The Morgan fingerprint density at radius 2 is 2.15 bits per heavy atom. The van der Waals surface area contributed by atoms with Crippen LogP contribution in [0.5, 0.6) is 0 Å². The molecule has 0 aliphatic rings. The van der Waals surface area contributed by atoms with Crippen LogP contribution in [0.15, 0.2) is 30.5 Å². The first-order chi connectivity index (χ1) is 9.50. The van der Waals surface area contributed by atoms with Crippen molar-refractivity contribution in [2.45, 2.75) is 13.5 Å². The molecule has 104 valence electrons. The molecule has 1 heterocycles. The van der Waals surface area contributed by atoms with Gasteiger partial charge in [0.25, 0.3) is 5.69 Å². The molecule has 0 amide bonds. The van der Waals surface area contributed by atoms with E-state index in [4.69, 9.17) is 4.74 Å². The second-order valence-electron chi connectivity index (χ2n) is 4.23. The first-order valence-corrected chi connectivity index (χ1v) is 5.88. The molecular formula is C13H13N3O4. The number of aryl methyl sites for hydroxylation is 1. The van der Waals surface area contributed by atoms with Gasteiger partial charge in [0, 0.05) is 18.8 Å². The van der Waals surface area contributed by atoms with Crippen LogP contribution in [0.3, 0.4) is 0 Å². The third-order valence-corrected chi connectivity index (χ3v) is 3.00. The van der Waals surface area contributed by atoms with Crippen molar-refractivity contribution < 1.29 is 14.5 Å². The Hall–Kier alpha value is -2.70. The van der Waals surface area contributed by atoms with Crippen molar-refractivity contribution in [2.75, 3.05) is 0 Å². The van der Waals surface area contributed by atoms with Crippen LogP contribution in [0.25, 0.3) is 0 Å². The van der Waals surface area contributed by atoms with Gasteiger partial charge in [-0.25, -0.2) is 4.79 Å². The molecule has 0 radical (unpaired) electrons. The quantitative estimate of drug-likeness (QED) is 0.483. The number of aromatic nitrogens is 2. The van der Waals surface area contributed by atoms with E-state index in [1.165, 1.54) is 12.3 Å². The van der Waals surface area contributed by atoms with E-state index in [0.29, 0.717) is 16.8 Å². The molecule has 0 saturated heterocycles. The minimum atomic E-state index is -0.547. The van der Waals surface area contributed by atoms with Gasteiger partial charge in [-0.2, -0.15) is 5.10 Å². The lowest BCUT2D eigenvalue weighted by Gasteiger charge is -2.05. The number of hydrogen-bond donors (Lipinski definition) is 0. The van der Waals surface area contributed by atoms with E-state index < -0.39 is 10.9 Å². The molecule has 0 N–H and O–H groups in total. The van der Waals surface area contributed by atoms with Crippen molar-refractivity contribution >= 4 is 11.7 Å². The number of ether oxygens (including phenoxy) is 1. The summed E-state index contributed by atoms with van der Waals surface area (Å²) < 4.78 is 6.66. The molecule has 0 aliphatic carbocycles. The molecule has 20 heavy (non-hydrogen) atoms. The van der Waals surface area contributed by atoms with Gasteiger partial charge in [-0.15, -0.1) is 0 Å². The Labute approximate surface area is 114 Å². The molecule has 7 nitrogen and oxygen atoms in total. The van der Waals surface area contributed by atoms with Crippen LogP contribution < -0.4 is 0 Å². The summed E-state index contributed by atoms with van der Waals surface area (Å²) in [5.41, 5.74) is 1.32. The average molecular weight is 275 g/mol. The Morgan fingerprint density at radius 3 is 2.75 bits per heavy atom. The van der Waals surface area contributed by atoms with E-state index >= 15 is 0 Å². The standard InChI is InChI=1S/C13H13N3O4/c1-9-11(7-14-15(9)2)13(17)20-8-10-5-3-4-6-12(10)16(18)19/h3-7H,8H2,1-2H3. The molecule has 1 aromatic carbocycles. The molecule has 0 bridgehead atoms. The predicted molar refractivity (Wildman–Crippen MR) is 70.2 cm³/mol. The second kappa shape index (κ2) is 5.52. The van der Waals surface area contributed by atoms with Crippen molar-refractivity contribution in [1.29, 1.82) is 0 Å². The van der Waals surface area contributed by atoms with Crippen LogP contribution in [0.1, 0.15) is 21.6 Å². The van der Waals surface area contributed by atoms with E-state index in [1.807, 2.05) is 0 Å². The fourth-order valence-electron chi connectivity index (χ4n) is 1.73. The lowest BCUT2D eigenvalue weighted by atomic mass is 10.2. The zero-order chi connectivity index (χ0) is 14.7. The van der Waals surface area contributed by atoms with Gasteiger partial charge in [0.15, 0.2) is 0 Å². The number of rotatable bonds is 4. The number of para-hydroxylation sites is 1. The number of nitro groups is 1. The fraction of sp³-hybridized carbons (Fsp3) is 0.231. The number of carbonyl (C=O) groups excluding carboxylic acids is 1. The average Bonchev–Trinajstić information content (AvgIpc) is 2.76. The molecule has 0 aliphatic heterocycles. The van der Waals surface area contributed by atoms with Crippen molar-refractivity contribution in [3.8, 4) is 0 Å². The van der Waals surface area contributed by atoms with Gasteiger partial charge in [-0.3, -0.25) is 14.8 Å². The number of nitrogens with zero attached hydrogens (tertiary/aromatic N) is 3. The molecule has 7 heteroatoms. The maximum Gasteiger partial charge on any atom is 0.341 e. The van der Waals surface area contributed by atoms with E-state index in [0.717, 1.165) is 0 Å². The Balaban J connectivity index is 2.11. The number of hydrogen-bond acceptors (Lipinski definition) is 5. The summed E-state index contributed by atoms with van der Waals surface area (Å²) in [5, 5.41) is 14.8. The van der Waals surface area contributed by atoms with E-state index in [2.05, 4.69) is 5.10 Å². The molecule has 0 spiro atoms. The van der Waals surface area contributed by atoms with Crippen molar-refractivity contribution in [1.82, 2.24) is 9.78 Å². The third-order valence-electron chi connectivity index (χ3n) is 3.00. The smallest absolute Gasteiger partial charge is 0.341 e. The minimum Gasteiger partial charge on any atom is -0.457 e. The van der Waals surface area contributed by atoms with Crippen LogP contribution in [-0.2, 0) is 18.4 Å².